The second-order valence-electron chi connectivity index (χ2n) is 7.74. The monoisotopic (exact) mass is 495 g/mol. The van der Waals surface area contributed by atoms with Crippen LogP contribution >= 0.6 is 11.6 Å². The van der Waals surface area contributed by atoms with E-state index in [0.29, 0.717) is 16.5 Å². The van der Waals surface area contributed by atoms with Crippen LogP contribution < -0.4 is 5.32 Å². The zero-order valence-electron chi connectivity index (χ0n) is 18.8. The van der Waals surface area contributed by atoms with Crippen LogP contribution in [0.2, 0.25) is 5.02 Å². The van der Waals surface area contributed by atoms with Gasteiger partial charge in [-0.05, 0) is 42.0 Å². The third kappa shape index (κ3) is 5.71. The number of aromatic nitrogens is 4. The molecule has 4 aromatic rings. The number of amides is 1. The number of hydrogen-bond acceptors (Lipinski definition) is 6. The second-order valence-corrected chi connectivity index (χ2v) is 8.18. The van der Waals surface area contributed by atoms with Crippen molar-refractivity contribution in [3.8, 4) is 22.5 Å². The Bertz CT molecular complexity index is 1280. The fourth-order valence-corrected chi connectivity index (χ4v) is 3.85. The maximum absolute atomic E-state index is 15.0. The van der Waals surface area contributed by atoms with E-state index in [0.717, 1.165) is 5.56 Å². The first-order valence-electron chi connectivity index (χ1n) is 10.8. The van der Waals surface area contributed by atoms with Crippen LogP contribution in [-0.2, 0) is 11.2 Å². The van der Waals surface area contributed by atoms with Crippen LogP contribution in [0.15, 0.2) is 67.0 Å². The highest BCUT2D eigenvalue weighted by molar-refractivity contribution is 6.30. The number of H-pyrrole nitrogens is 1. The lowest BCUT2D eigenvalue weighted by atomic mass is 10.0. The minimum Gasteiger partial charge on any atom is -0.394 e. The van der Waals surface area contributed by atoms with Crippen LogP contribution in [0.4, 0.5) is 4.39 Å². The van der Waals surface area contributed by atoms with Crippen molar-refractivity contribution in [2.75, 3.05) is 13.7 Å². The minimum atomic E-state index is -0.721. The molecule has 180 valence electrons. The summed E-state index contributed by atoms with van der Waals surface area (Å²) in [5, 5.41) is 20.3. The van der Waals surface area contributed by atoms with Crippen LogP contribution in [0.5, 0.6) is 0 Å². The lowest BCUT2D eigenvalue weighted by molar-refractivity contribution is 0.0211. The number of halogens is 2. The van der Waals surface area contributed by atoms with E-state index >= 15 is 0 Å². The molecule has 35 heavy (non-hydrogen) atoms. The molecule has 0 aliphatic heterocycles. The Morgan fingerprint density at radius 2 is 1.91 bits per heavy atom. The van der Waals surface area contributed by atoms with Gasteiger partial charge in [0.1, 0.15) is 17.7 Å². The number of rotatable bonds is 9. The van der Waals surface area contributed by atoms with Gasteiger partial charge < -0.3 is 15.2 Å². The average Bonchev–Trinajstić information content (AvgIpc) is 3.35. The van der Waals surface area contributed by atoms with E-state index in [-0.39, 0.29) is 29.8 Å². The van der Waals surface area contributed by atoms with Crippen molar-refractivity contribution in [2.45, 2.75) is 18.6 Å². The lowest BCUT2D eigenvalue weighted by Crippen LogP contribution is -2.47. The molecule has 0 fully saturated rings. The summed E-state index contributed by atoms with van der Waals surface area (Å²) >= 11 is 5.96. The highest BCUT2D eigenvalue weighted by atomic mass is 35.5. The van der Waals surface area contributed by atoms with Gasteiger partial charge in [0.05, 0.1) is 35.2 Å². The summed E-state index contributed by atoms with van der Waals surface area (Å²) in [5.41, 5.74) is 1.86. The number of carbonyl (C=O) groups is 1. The van der Waals surface area contributed by atoms with E-state index in [4.69, 9.17) is 16.3 Å². The van der Waals surface area contributed by atoms with Crippen LogP contribution in [-0.4, -0.2) is 57.0 Å². The molecule has 0 saturated heterocycles. The Morgan fingerprint density at radius 3 is 2.60 bits per heavy atom. The minimum absolute atomic E-state index is 0.0501. The van der Waals surface area contributed by atoms with E-state index in [2.05, 4.69) is 25.5 Å². The number of aliphatic hydroxyl groups excluding tert-OH is 1. The Hall–Kier alpha value is -3.66. The van der Waals surface area contributed by atoms with Gasteiger partial charge in [-0.3, -0.25) is 9.89 Å². The standard InChI is InChI=1S/C25H23ClFN5O3/c1-35-22(14-33)20(13-23-28-10-3-11-29-23)30-25(34)17-4-2-5-18(27)24(17)21-12-19(31-32-21)15-6-8-16(26)9-7-15/h2-12,20,22,33H,13-14H2,1H3,(H,30,34)(H,31,32)/t20-,22-/m1/s1. The molecule has 0 radical (unpaired) electrons. The largest absolute Gasteiger partial charge is 0.394 e. The highest BCUT2D eigenvalue weighted by Crippen LogP contribution is 2.29. The third-order valence-corrected chi connectivity index (χ3v) is 5.77. The molecule has 2 aromatic carbocycles. The number of nitrogens with zero attached hydrogens (tertiary/aromatic N) is 3. The van der Waals surface area contributed by atoms with E-state index < -0.39 is 23.9 Å². The number of ether oxygens (including phenoxy) is 1. The normalized spacial score (nSPS) is 12.8. The van der Waals surface area contributed by atoms with Crippen LogP contribution in [0.3, 0.4) is 0 Å². The number of methoxy groups -OCH3 is 1. The predicted octanol–water partition coefficient (Wildman–Crippen LogP) is 3.67. The molecule has 0 aliphatic rings. The first kappa shape index (κ1) is 24.5. The quantitative estimate of drug-likeness (QED) is 0.326. The van der Waals surface area contributed by atoms with Crippen molar-refractivity contribution >= 4 is 17.5 Å². The van der Waals surface area contributed by atoms with Gasteiger partial charge in [0.2, 0.25) is 0 Å². The number of aromatic amines is 1. The molecule has 0 spiro atoms. The Labute approximate surface area is 206 Å². The van der Waals surface area contributed by atoms with Crippen molar-refractivity contribution in [2.24, 2.45) is 0 Å². The van der Waals surface area contributed by atoms with Crippen LogP contribution in [0, 0.1) is 5.82 Å². The maximum atomic E-state index is 15.0. The molecule has 8 nitrogen and oxygen atoms in total. The first-order valence-corrected chi connectivity index (χ1v) is 11.2. The summed E-state index contributed by atoms with van der Waals surface area (Å²) in [6, 6.07) is 14.0. The molecule has 2 atom stereocenters. The molecule has 1 amide bonds. The third-order valence-electron chi connectivity index (χ3n) is 5.52. The number of nitrogens with one attached hydrogen (secondary N) is 2. The van der Waals surface area contributed by atoms with Gasteiger partial charge in [-0.1, -0.05) is 29.8 Å². The average molecular weight is 496 g/mol. The molecule has 0 aliphatic carbocycles. The molecule has 2 heterocycles. The summed E-state index contributed by atoms with van der Waals surface area (Å²) < 4.78 is 20.3. The molecule has 0 saturated carbocycles. The summed E-state index contributed by atoms with van der Waals surface area (Å²) in [6.07, 6.45) is 2.66. The van der Waals surface area contributed by atoms with Gasteiger partial charge in [-0.15, -0.1) is 0 Å². The van der Waals surface area contributed by atoms with Crippen molar-refractivity contribution in [3.63, 3.8) is 0 Å². The van der Waals surface area contributed by atoms with Gasteiger partial charge in [-0.25, -0.2) is 14.4 Å². The first-order chi connectivity index (χ1) is 17.0. The van der Waals surface area contributed by atoms with Gasteiger partial charge in [-0.2, -0.15) is 5.10 Å². The zero-order valence-corrected chi connectivity index (χ0v) is 19.5. The molecule has 0 bridgehead atoms. The predicted molar refractivity (Wildman–Crippen MR) is 129 cm³/mol. The van der Waals surface area contributed by atoms with Gasteiger partial charge >= 0.3 is 0 Å². The van der Waals surface area contributed by atoms with E-state index in [1.165, 1.54) is 25.3 Å². The van der Waals surface area contributed by atoms with Crippen molar-refractivity contribution < 1.29 is 19.0 Å². The molecule has 4 rings (SSSR count). The van der Waals surface area contributed by atoms with E-state index in [9.17, 15) is 14.3 Å². The zero-order chi connectivity index (χ0) is 24.8. The Kier molecular flexibility index (Phi) is 7.81. The SMILES string of the molecule is CO[C@H](CO)[C@@H](Cc1ncccn1)NC(=O)c1cccc(F)c1-c1cc(-c2ccc(Cl)cc2)[nH]n1. The topological polar surface area (TPSA) is 113 Å². The second kappa shape index (κ2) is 11.2. The van der Waals surface area contributed by atoms with Gasteiger partial charge in [0, 0.05) is 30.9 Å². The van der Waals surface area contributed by atoms with Crippen LogP contribution in [0.1, 0.15) is 16.2 Å². The molecule has 0 unspecified atom stereocenters. The summed E-state index contributed by atoms with van der Waals surface area (Å²) in [7, 11) is 1.43. The molecule has 10 heteroatoms. The number of hydrogen-bond donors (Lipinski definition) is 3. The number of carbonyl (C=O) groups excluding carboxylic acids is 1. The Balaban J connectivity index is 1.64. The van der Waals surface area contributed by atoms with Crippen molar-refractivity contribution in [3.05, 3.63) is 89.2 Å². The fourth-order valence-electron chi connectivity index (χ4n) is 3.72. The summed E-state index contributed by atoms with van der Waals surface area (Å²) in [6.45, 7) is -0.339. The maximum Gasteiger partial charge on any atom is 0.252 e. The van der Waals surface area contributed by atoms with E-state index in [1.807, 2.05) is 12.1 Å². The molecular weight excluding hydrogens is 473 g/mol. The number of aliphatic hydroxyl groups is 1. The van der Waals surface area contributed by atoms with Crippen LogP contribution in [0.25, 0.3) is 22.5 Å². The van der Waals surface area contributed by atoms with E-state index in [1.54, 1.807) is 36.7 Å². The Morgan fingerprint density at radius 1 is 1.17 bits per heavy atom. The van der Waals surface area contributed by atoms with Gasteiger partial charge in [0.25, 0.3) is 5.91 Å². The summed E-state index contributed by atoms with van der Waals surface area (Å²) in [5.74, 6) is -0.681. The molecule has 3 N–H and O–H groups in total. The van der Waals surface area contributed by atoms with Gasteiger partial charge in [0.15, 0.2) is 0 Å². The lowest BCUT2D eigenvalue weighted by Gasteiger charge is -2.25. The molecular formula is C25H23ClFN5O3. The van der Waals surface area contributed by atoms with Crippen molar-refractivity contribution in [1.29, 1.82) is 0 Å². The summed E-state index contributed by atoms with van der Waals surface area (Å²) in [4.78, 5) is 21.7. The smallest absolute Gasteiger partial charge is 0.252 e. The number of benzene rings is 2. The van der Waals surface area contributed by atoms with Crippen molar-refractivity contribution in [1.82, 2.24) is 25.5 Å². The highest BCUT2D eigenvalue weighted by Gasteiger charge is 2.27. The fraction of sp³-hybridized carbons (Fsp3) is 0.200. The molecule has 2 aromatic heterocycles.